The third kappa shape index (κ3) is 6.91. The fourth-order valence-electron chi connectivity index (χ4n) is 1.96. The molecule has 0 aliphatic rings. The minimum Gasteiger partial charge on any atom is -0.475 e. The molecule has 0 spiro atoms. The molecule has 4 heteroatoms. The van der Waals surface area contributed by atoms with E-state index in [2.05, 4.69) is 37.1 Å². The summed E-state index contributed by atoms with van der Waals surface area (Å²) in [6.07, 6.45) is 0. The number of rotatable bonds is 7. The van der Waals surface area contributed by atoms with Crippen LogP contribution in [0.3, 0.4) is 0 Å². The predicted octanol–water partition coefficient (Wildman–Crippen LogP) is 3.39. The molecule has 0 saturated carbocycles. The minimum atomic E-state index is -0.138. The number of ether oxygens (including phenoxy) is 2. The molecule has 0 saturated heterocycles. The summed E-state index contributed by atoms with van der Waals surface area (Å²) in [6.45, 7) is 16.3. The molecule has 1 aromatic heterocycles. The molecule has 120 valence electrons. The van der Waals surface area contributed by atoms with Gasteiger partial charge in [-0.15, -0.1) is 0 Å². The molecule has 0 atom stereocenters. The summed E-state index contributed by atoms with van der Waals surface area (Å²) in [6, 6.07) is 2.53. The molecule has 1 heterocycles. The molecule has 4 nitrogen and oxygen atoms in total. The van der Waals surface area contributed by atoms with Crippen molar-refractivity contribution in [3.8, 4) is 5.88 Å². The highest BCUT2D eigenvalue weighted by atomic mass is 16.5. The van der Waals surface area contributed by atoms with Crippen LogP contribution in [0.1, 0.15) is 51.4 Å². The van der Waals surface area contributed by atoms with Crippen molar-refractivity contribution in [2.24, 2.45) is 0 Å². The van der Waals surface area contributed by atoms with E-state index in [-0.39, 0.29) is 5.60 Å². The molecule has 1 N–H and O–H groups in total. The van der Waals surface area contributed by atoms with Crippen LogP contribution in [0.25, 0.3) is 0 Å². The lowest BCUT2D eigenvalue weighted by molar-refractivity contribution is -0.0169. The van der Waals surface area contributed by atoms with Crippen LogP contribution in [0.4, 0.5) is 0 Å². The van der Waals surface area contributed by atoms with Crippen LogP contribution in [0.5, 0.6) is 5.88 Å². The third-order valence-electron chi connectivity index (χ3n) is 2.98. The van der Waals surface area contributed by atoms with Gasteiger partial charge in [-0.1, -0.05) is 13.8 Å². The smallest absolute Gasteiger partial charge is 0.218 e. The lowest BCUT2D eigenvalue weighted by Gasteiger charge is -2.20. The first-order valence-corrected chi connectivity index (χ1v) is 7.66. The van der Waals surface area contributed by atoms with E-state index in [1.165, 1.54) is 5.56 Å². The summed E-state index contributed by atoms with van der Waals surface area (Å²) >= 11 is 0. The average Bonchev–Trinajstić information content (AvgIpc) is 2.31. The molecule has 0 aliphatic heterocycles. The van der Waals surface area contributed by atoms with Gasteiger partial charge in [-0.05, 0) is 46.2 Å². The summed E-state index contributed by atoms with van der Waals surface area (Å²) in [5, 5.41) is 3.43. The lowest BCUT2D eigenvalue weighted by Crippen LogP contribution is -2.24. The fraction of sp³-hybridized carbons (Fsp3) is 0.706. The zero-order valence-corrected chi connectivity index (χ0v) is 14.5. The van der Waals surface area contributed by atoms with Gasteiger partial charge in [0.15, 0.2) is 0 Å². The van der Waals surface area contributed by atoms with Crippen LogP contribution in [-0.4, -0.2) is 29.8 Å². The van der Waals surface area contributed by atoms with E-state index >= 15 is 0 Å². The molecule has 1 aromatic rings. The second-order valence-corrected chi connectivity index (χ2v) is 6.71. The van der Waals surface area contributed by atoms with E-state index < -0.39 is 0 Å². The number of nitrogens with one attached hydrogen (secondary N) is 1. The maximum absolute atomic E-state index is 5.85. The summed E-state index contributed by atoms with van der Waals surface area (Å²) in [5.41, 5.74) is 3.18. The Balaban J connectivity index is 2.70. The van der Waals surface area contributed by atoms with Crippen molar-refractivity contribution in [2.45, 2.75) is 66.7 Å². The van der Waals surface area contributed by atoms with Gasteiger partial charge >= 0.3 is 0 Å². The van der Waals surface area contributed by atoms with Crippen LogP contribution in [0.15, 0.2) is 6.07 Å². The van der Waals surface area contributed by atoms with Crippen molar-refractivity contribution in [3.05, 3.63) is 22.9 Å². The van der Waals surface area contributed by atoms with Crippen molar-refractivity contribution < 1.29 is 9.47 Å². The lowest BCUT2D eigenvalue weighted by atomic mass is 10.1. The Kier molecular flexibility index (Phi) is 6.62. The van der Waals surface area contributed by atoms with Crippen molar-refractivity contribution in [2.75, 3.05) is 13.2 Å². The minimum absolute atomic E-state index is 0.138. The van der Waals surface area contributed by atoms with E-state index in [1.54, 1.807) is 0 Å². The molecule has 0 fully saturated rings. The average molecular weight is 294 g/mol. The van der Waals surface area contributed by atoms with Crippen LogP contribution in [0.2, 0.25) is 0 Å². The van der Waals surface area contributed by atoms with Gasteiger partial charge in [0.2, 0.25) is 5.88 Å². The van der Waals surface area contributed by atoms with Crippen LogP contribution < -0.4 is 10.1 Å². The van der Waals surface area contributed by atoms with Crippen LogP contribution >= 0.6 is 0 Å². The molecular formula is C17H30N2O2. The Morgan fingerprint density at radius 2 is 1.86 bits per heavy atom. The Morgan fingerprint density at radius 3 is 2.43 bits per heavy atom. The third-order valence-corrected chi connectivity index (χ3v) is 2.98. The quantitative estimate of drug-likeness (QED) is 0.783. The van der Waals surface area contributed by atoms with E-state index in [9.17, 15) is 0 Å². The number of pyridine rings is 1. The maximum Gasteiger partial charge on any atom is 0.218 e. The molecular weight excluding hydrogens is 264 g/mol. The Bertz CT molecular complexity index is 451. The standard InChI is InChI=1S/C17H30N2O2/c1-12(2)18-11-15-13(3)10-14(4)19-16(15)20-8-9-21-17(5,6)7/h10,12,18H,8-9,11H2,1-7H3. The van der Waals surface area contributed by atoms with Gasteiger partial charge < -0.3 is 14.8 Å². The largest absolute Gasteiger partial charge is 0.475 e. The first-order chi connectivity index (χ1) is 9.69. The number of aromatic nitrogens is 1. The Hall–Kier alpha value is -1.13. The number of nitrogens with zero attached hydrogens (tertiary/aromatic N) is 1. The van der Waals surface area contributed by atoms with Gasteiger partial charge in [0.25, 0.3) is 0 Å². The van der Waals surface area contributed by atoms with Gasteiger partial charge in [-0.3, -0.25) is 0 Å². The molecule has 1 rings (SSSR count). The molecule has 21 heavy (non-hydrogen) atoms. The Labute approximate surface area is 129 Å². The highest BCUT2D eigenvalue weighted by Crippen LogP contribution is 2.21. The normalized spacial score (nSPS) is 12.0. The number of hydrogen-bond donors (Lipinski definition) is 1. The predicted molar refractivity (Wildman–Crippen MR) is 86.9 cm³/mol. The van der Waals surface area contributed by atoms with Gasteiger partial charge in [-0.2, -0.15) is 0 Å². The van der Waals surface area contributed by atoms with Gasteiger partial charge in [0, 0.05) is 23.8 Å². The van der Waals surface area contributed by atoms with E-state index in [1.807, 2.05) is 27.7 Å². The van der Waals surface area contributed by atoms with Gasteiger partial charge in [0.05, 0.1) is 12.2 Å². The summed E-state index contributed by atoms with van der Waals surface area (Å²) in [4.78, 5) is 4.53. The SMILES string of the molecule is Cc1cc(C)c(CNC(C)C)c(OCCOC(C)(C)C)n1. The van der Waals surface area contributed by atoms with Crippen molar-refractivity contribution >= 4 is 0 Å². The molecule has 0 amide bonds. The van der Waals surface area contributed by atoms with Crippen molar-refractivity contribution in [3.63, 3.8) is 0 Å². The second-order valence-electron chi connectivity index (χ2n) is 6.71. The number of hydrogen-bond acceptors (Lipinski definition) is 4. The second kappa shape index (κ2) is 7.76. The summed E-state index contributed by atoms with van der Waals surface area (Å²) in [5.74, 6) is 0.721. The summed E-state index contributed by atoms with van der Waals surface area (Å²) < 4.78 is 11.5. The van der Waals surface area contributed by atoms with Gasteiger partial charge in [0.1, 0.15) is 6.61 Å². The molecule has 0 aliphatic carbocycles. The van der Waals surface area contributed by atoms with E-state index in [0.717, 1.165) is 23.7 Å². The van der Waals surface area contributed by atoms with Crippen molar-refractivity contribution in [1.29, 1.82) is 0 Å². The topological polar surface area (TPSA) is 43.4 Å². The van der Waals surface area contributed by atoms with Crippen LogP contribution in [0, 0.1) is 13.8 Å². The molecule has 0 radical (unpaired) electrons. The zero-order valence-electron chi connectivity index (χ0n) is 14.5. The first-order valence-electron chi connectivity index (χ1n) is 7.66. The molecule has 0 bridgehead atoms. The van der Waals surface area contributed by atoms with Crippen LogP contribution in [-0.2, 0) is 11.3 Å². The van der Waals surface area contributed by atoms with Gasteiger partial charge in [-0.25, -0.2) is 4.98 Å². The fourth-order valence-corrected chi connectivity index (χ4v) is 1.96. The highest BCUT2D eigenvalue weighted by molar-refractivity contribution is 5.35. The van der Waals surface area contributed by atoms with E-state index in [0.29, 0.717) is 19.3 Å². The number of aryl methyl sites for hydroxylation is 2. The van der Waals surface area contributed by atoms with Crippen molar-refractivity contribution in [1.82, 2.24) is 10.3 Å². The molecule has 0 unspecified atom stereocenters. The highest BCUT2D eigenvalue weighted by Gasteiger charge is 2.13. The first kappa shape index (κ1) is 17.9. The monoisotopic (exact) mass is 294 g/mol. The molecule has 0 aromatic carbocycles. The zero-order chi connectivity index (χ0) is 16.0. The Morgan fingerprint density at radius 1 is 1.19 bits per heavy atom. The van der Waals surface area contributed by atoms with E-state index in [4.69, 9.17) is 9.47 Å². The summed E-state index contributed by atoms with van der Waals surface area (Å²) in [7, 11) is 0. The maximum atomic E-state index is 5.85.